The van der Waals surface area contributed by atoms with Crippen LogP contribution in [0.5, 0.6) is 11.5 Å². The van der Waals surface area contributed by atoms with Crippen molar-refractivity contribution in [3.05, 3.63) is 53.7 Å². The second-order valence-electron chi connectivity index (χ2n) is 6.47. The van der Waals surface area contributed by atoms with Gasteiger partial charge in [-0.2, -0.15) is 0 Å². The minimum Gasteiger partial charge on any atom is -0.497 e. The lowest BCUT2D eigenvalue weighted by Gasteiger charge is -2.13. The number of anilines is 2. The van der Waals surface area contributed by atoms with E-state index in [9.17, 15) is 16.8 Å². The van der Waals surface area contributed by atoms with Crippen molar-refractivity contribution < 1.29 is 30.8 Å². The Morgan fingerprint density at radius 3 is 2.10 bits per heavy atom. The highest BCUT2D eigenvalue weighted by atomic mass is 32.2. The van der Waals surface area contributed by atoms with Crippen LogP contribution in [0, 0.1) is 13.8 Å². The molecule has 0 aliphatic carbocycles. The summed E-state index contributed by atoms with van der Waals surface area (Å²) in [5, 5.41) is 3.71. The van der Waals surface area contributed by atoms with Crippen molar-refractivity contribution in [2.24, 2.45) is 0 Å². The molecule has 0 radical (unpaired) electrons. The Balaban J connectivity index is 1.84. The number of hydrogen-bond donors (Lipinski definition) is 2. The molecule has 10 nitrogen and oxygen atoms in total. The molecule has 31 heavy (non-hydrogen) atoms. The van der Waals surface area contributed by atoms with E-state index in [0.717, 1.165) is 0 Å². The quantitative estimate of drug-likeness (QED) is 0.516. The average Bonchev–Trinajstić information content (AvgIpc) is 3.05. The van der Waals surface area contributed by atoms with Gasteiger partial charge in [0.25, 0.3) is 20.0 Å². The van der Waals surface area contributed by atoms with Gasteiger partial charge < -0.3 is 14.0 Å². The monoisotopic (exact) mass is 467 g/mol. The zero-order valence-corrected chi connectivity index (χ0v) is 18.8. The summed E-state index contributed by atoms with van der Waals surface area (Å²) in [7, 11) is -5.21. The normalized spacial score (nSPS) is 11.7. The van der Waals surface area contributed by atoms with Crippen molar-refractivity contribution in [3.63, 3.8) is 0 Å². The summed E-state index contributed by atoms with van der Waals surface area (Å²) < 4.78 is 70.7. The zero-order chi connectivity index (χ0) is 22.8. The molecule has 2 N–H and O–H groups in total. The SMILES string of the molecule is COc1ccc(OC)c(S(=O)(=O)Nc2ccc(S(=O)(=O)Nc3onc(C)c3C)cc2)c1. The average molecular weight is 468 g/mol. The van der Waals surface area contributed by atoms with Gasteiger partial charge in [0.1, 0.15) is 16.4 Å². The molecule has 0 bridgehead atoms. The number of benzene rings is 2. The number of nitrogens with one attached hydrogen (secondary N) is 2. The Morgan fingerprint density at radius 2 is 1.55 bits per heavy atom. The molecule has 0 spiro atoms. The summed E-state index contributed by atoms with van der Waals surface area (Å²) in [6.45, 7) is 3.36. The molecule has 0 aliphatic heterocycles. The van der Waals surface area contributed by atoms with Gasteiger partial charge in [-0.3, -0.25) is 4.72 Å². The molecule has 12 heteroatoms. The molecule has 0 amide bonds. The molecule has 2 aromatic carbocycles. The van der Waals surface area contributed by atoms with Crippen LogP contribution in [0.15, 0.2) is 56.8 Å². The Kier molecular flexibility index (Phi) is 6.13. The fourth-order valence-electron chi connectivity index (χ4n) is 2.60. The third-order valence-electron chi connectivity index (χ3n) is 4.46. The van der Waals surface area contributed by atoms with E-state index in [1.165, 1.54) is 50.6 Å². The van der Waals surface area contributed by atoms with E-state index in [1.807, 2.05) is 0 Å². The molecule has 0 atom stereocenters. The van der Waals surface area contributed by atoms with Gasteiger partial charge in [0.05, 0.1) is 24.8 Å². The number of aromatic nitrogens is 1. The molecule has 0 saturated carbocycles. The zero-order valence-electron chi connectivity index (χ0n) is 17.2. The lowest BCUT2D eigenvalue weighted by atomic mass is 10.3. The highest BCUT2D eigenvalue weighted by Crippen LogP contribution is 2.30. The van der Waals surface area contributed by atoms with E-state index < -0.39 is 20.0 Å². The first-order valence-electron chi connectivity index (χ1n) is 8.88. The minimum atomic E-state index is -4.03. The summed E-state index contributed by atoms with van der Waals surface area (Å²) in [6, 6.07) is 9.56. The Morgan fingerprint density at radius 1 is 0.871 bits per heavy atom. The number of ether oxygens (including phenoxy) is 2. The van der Waals surface area contributed by atoms with Crippen LogP contribution in [-0.2, 0) is 20.0 Å². The van der Waals surface area contributed by atoms with Crippen molar-refractivity contribution in [3.8, 4) is 11.5 Å². The predicted octanol–water partition coefficient (Wildman–Crippen LogP) is 2.91. The maximum atomic E-state index is 12.8. The van der Waals surface area contributed by atoms with Gasteiger partial charge >= 0.3 is 0 Å². The Bertz CT molecular complexity index is 1300. The van der Waals surface area contributed by atoms with Crippen LogP contribution in [0.2, 0.25) is 0 Å². The highest BCUT2D eigenvalue weighted by Gasteiger charge is 2.22. The van der Waals surface area contributed by atoms with Crippen molar-refractivity contribution in [1.29, 1.82) is 0 Å². The lowest BCUT2D eigenvalue weighted by Crippen LogP contribution is -2.15. The van der Waals surface area contributed by atoms with Gasteiger partial charge in [-0.1, -0.05) is 5.16 Å². The summed E-state index contributed by atoms with van der Waals surface area (Å²) in [6.07, 6.45) is 0. The van der Waals surface area contributed by atoms with Crippen LogP contribution in [0.3, 0.4) is 0 Å². The first kappa shape index (κ1) is 22.4. The maximum absolute atomic E-state index is 12.8. The molecule has 0 saturated heterocycles. The lowest BCUT2D eigenvalue weighted by molar-refractivity contribution is 0.392. The van der Waals surface area contributed by atoms with E-state index in [2.05, 4.69) is 14.6 Å². The van der Waals surface area contributed by atoms with E-state index in [1.54, 1.807) is 19.9 Å². The minimum absolute atomic E-state index is 0.0207. The topological polar surface area (TPSA) is 137 Å². The van der Waals surface area contributed by atoms with Crippen molar-refractivity contribution in [1.82, 2.24) is 5.16 Å². The summed E-state index contributed by atoms with van der Waals surface area (Å²) in [5.41, 5.74) is 1.30. The second kappa shape index (κ2) is 8.47. The number of sulfonamides is 2. The van der Waals surface area contributed by atoms with Gasteiger partial charge in [-0.15, -0.1) is 0 Å². The fraction of sp³-hybridized carbons (Fsp3) is 0.211. The number of methoxy groups -OCH3 is 2. The first-order valence-corrected chi connectivity index (χ1v) is 11.8. The molecule has 0 unspecified atom stereocenters. The number of rotatable bonds is 8. The standard InChI is InChI=1S/C19H21N3O7S2/c1-12-13(2)20-29-19(12)22-30(23,24)16-8-5-14(6-9-16)21-31(25,26)18-11-15(27-3)7-10-17(18)28-4/h5-11,21-22H,1-4H3. The highest BCUT2D eigenvalue weighted by molar-refractivity contribution is 7.93. The van der Waals surface area contributed by atoms with Crippen molar-refractivity contribution in [2.75, 3.05) is 23.7 Å². The molecule has 3 aromatic rings. The number of hydrogen-bond acceptors (Lipinski definition) is 8. The van der Waals surface area contributed by atoms with Crippen LogP contribution in [0.25, 0.3) is 0 Å². The number of nitrogens with zero attached hydrogens (tertiary/aromatic N) is 1. The molecule has 166 valence electrons. The van der Waals surface area contributed by atoms with Gasteiger partial charge in [0.15, 0.2) is 0 Å². The van der Waals surface area contributed by atoms with Crippen LogP contribution in [0.4, 0.5) is 11.6 Å². The second-order valence-corrected chi connectivity index (χ2v) is 9.81. The first-order chi connectivity index (χ1) is 14.6. The largest absolute Gasteiger partial charge is 0.497 e. The third kappa shape index (κ3) is 4.75. The van der Waals surface area contributed by atoms with E-state index in [0.29, 0.717) is 17.0 Å². The molecular formula is C19H21N3O7S2. The molecule has 3 rings (SSSR count). The van der Waals surface area contributed by atoms with Crippen LogP contribution >= 0.6 is 0 Å². The summed E-state index contributed by atoms with van der Waals surface area (Å²) in [4.78, 5) is -0.202. The van der Waals surface area contributed by atoms with E-state index >= 15 is 0 Å². The summed E-state index contributed by atoms with van der Waals surface area (Å²) >= 11 is 0. The maximum Gasteiger partial charge on any atom is 0.265 e. The predicted molar refractivity (Wildman–Crippen MR) is 114 cm³/mol. The Hall–Kier alpha value is -3.25. The molecule has 1 aromatic heterocycles. The van der Waals surface area contributed by atoms with Crippen LogP contribution in [-0.4, -0.2) is 36.2 Å². The smallest absolute Gasteiger partial charge is 0.265 e. The Labute approximate surface area is 180 Å². The molecule has 0 aliphatic rings. The van der Waals surface area contributed by atoms with Crippen LogP contribution < -0.4 is 18.9 Å². The molecule has 1 heterocycles. The van der Waals surface area contributed by atoms with E-state index in [4.69, 9.17) is 14.0 Å². The third-order valence-corrected chi connectivity index (χ3v) is 7.21. The molecular weight excluding hydrogens is 446 g/mol. The van der Waals surface area contributed by atoms with Crippen molar-refractivity contribution >= 4 is 31.6 Å². The summed E-state index contributed by atoms with van der Waals surface area (Å²) in [5.74, 6) is 0.494. The number of aryl methyl sites for hydroxylation is 1. The van der Waals surface area contributed by atoms with Gasteiger partial charge in [-0.05, 0) is 50.2 Å². The fourth-order valence-corrected chi connectivity index (χ4v) is 4.89. The molecule has 0 fully saturated rings. The van der Waals surface area contributed by atoms with Gasteiger partial charge in [-0.25, -0.2) is 21.6 Å². The van der Waals surface area contributed by atoms with Gasteiger partial charge in [0.2, 0.25) is 5.88 Å². The van der Waals surface area contributed by atoms with Crippen LogP contribution in [0.1, 0.15) is 11.3 Å². The van der Waals surface area contributed by atoms with E-state index in [-0.39, 0.29) is 27.1 Å². The van der Waals surface area contributed by atoms with Gasteiger partial charge in [0, 0.05) is 17.3 Å². The van der Waals surface area contributed by atoms with Crippen molar-refractivity contribution in [2.45, 2.75) is 23.6 Å².